The second kappa shape index (κ2) is 7.77. The maximum atomic E-state index is 3.71. The molecule has 3 nitrogen and oxygen atoms in total. The summed E-state index contributed by atoms with van der Waals surface area (Å²) in [5, 5.41) is 3.71. The van der Waals surface area contributed by atoms with Crippen molar-refractivity contribution in [1.82, 2.24) is 15.1 Å². The molecule has 1 heterocycles. The van der Waals surface area contributed by atoms with Crippen LogP contribution in [0.2, 0.25) is 0 Å². The van der Waals surface area contributed by atoms with Crippen LogP contribution in [-0.4, -0.2) is 56.1 Å². The van der Waals surface area contributed by atoms with E-state index in [4.69, 9.17) is 0 Å². The lowest BCUT2D eigenvalue weighted by molar-refractivity contribution is 0.142. The van der Waals surface area contributed by atoms with Gasteiger partial charge in [-0.1, -0.05) is 36.8 Å². The van der Waals surface area contributed by atoms with Crippen LogP contribution in [0.5, 0.6) is 0 Å². The van der Waals surface area contributed by atoms with Crippen molar-refractivity contribution in [3.8, 4) is 0 Å². The second-order valence-corrected chi connectivity index (χ2v) is 6.02. The van der Waals surface area contributed by atoms with Crippen LogP contribution in [0.3, 0.4) is 0 Å². The number of hydrogen-bond acceptors (Lipinski definition) is 3. The first kappa shape index (κ1) is 15.5. The molecule has 1 fully saturated rings. The molecule has 1 aliphatic heterocycles. The van der Waals surface area contributed by atoms with Crippen molar-refractivity contribution in [3.05, 3.63) is 35.4 Å². The highest BCUT2D eigenvalue weighted by atomic mass is 15.3. The van der Waals surface area contributed by atoms with Gasteiger partial charge in [0.15, 0.2) is 0 Å². The summed E-state index contributed by atoms with van der Waals surface area (Å²) in [4.78, 5) is 5.00. The standard InChI is InChI=1S/C17H29N3/c1-4-9-18-17(16-7-5-15(2)6-8-16)14-20-12-10-19(3)11-13-20/h5-8,17-18H,4,9-14H2,1-3H3. The number of nitrogens with zero attached hydrogens (tertiary/aromatic N) is 2. The normalized spacial score (nSPS) is 19.1. The van der Waals surface area contributed by atoms with E-state index < -0.39 is 0 Å². The molecule has 2 rings (SSSR count). The van der Waals surface area contributed by atoms with Gasteiger partial charge in [0.2, 0.25) is 0 Å². The second-order valence-electron chi connectivity index (χ2n) is 6.02. The first-order valence-corrected chi connectivity index (χ1v) is 7.90. The van der Waals surface area contributed by atoms with E-state index in [0.717, 1.165) is 13.1 Å². The van der Waals surface area contributed by atoms with E-state index in [9.17, 15) is 0 Å². The molecule has 0 amide bonds. The molecular formula is C17H29N3. The fourth-order valence-corrected chi connectivity index (χ4v) is 2.69. The summed E-state index contributed by atoms with van der Waals surface area (Å²) in [5.41, 5.74) is 2.76. The molecule has 1 saturated heterocycles. The molecule has 112 valence electrons. The molecule has 0 aliphatic carbocycles. The van der Waals surface area contributed by atoms with E-state index in [1.807, 2.05) is 0 Å². The Kier molecular flexibility index (Phi) is 6.02. The first-order chi connectivity index (χ1) is 9.69. The highest BCUT2D eigenvalue weighted by molar-refractivity contribution is 5.24. The van der Waals surface area contributed by atoms with Crippen LogP contribution < -0.4 is 5.32 Å². The molecule has 1 aliphatic rings. The Morgan fingerprint density at radius 2 is 1.75 bits per heavy atom. The third-order valence-corrected chi connectivity index (χ3v) is 4.16. The smallest absolute Gasteiger partial charge is 0.0449 e. The molecule has 0 spiro atoms. The van der Waals surface area contributed by atoms with Gasteiger partial charge in [0.1, 0.15) is 0 Å². The van der Waals surface area contributed by atoms with Crippen molar-refractivity contribution >= 4 is 0 Å². The van der Waals surface area contributed by atoms with E-state index in [1.165, 1.54) is 43.7 Å². The third-order valence-electron chi connectivity index (χ3n) is 4.16. The molecule has 1 atom stereocenters. The average Bonchev–Trinajstić information content (AvgIpc) is 2.46. The predicted molar refractivity (Wildman–Crippen MR) is 86.2 cm³/mol. The number of aryl methyl sites for hydroxylation is 1. The van der Waals surface area contributed by atoms with Crippen molar-refractivity contribution in [3.63, 3.8) is 0 Å². The summed E-state index contributed by atoms with van der Waals surface area (Å²) < 4.78 is 0. The van der Waals surface area contributed by atoms with Crippen molar-refractivity contribution in [2.45, 2.75) is 26.3 Å². The molecule has 1 unspecified atom stereocenters. The molecule has 0 aromatic heterocycles. The number of likely N-dealkylation sites (N-methyl/N-ethyl adjacent to an activating group) is 1. The van der Waals surface area contributed by atoms with Gasteiger partial charge in [-0.3, -0.25) is 4.90 Å². The maximum absolute atomic E-state index is 3.71. The predicted octanol–water partition coefficient (Wildman–Crippen LogP) is 2.28. The van der Waals surface area contributed by atoms with Crippen molar-refractivity contribution in [2.24, 2.45) is 0 Å². The maximum Gasteiger partial charge on any atom is 0.0449 e. The van der Waals surface area contributed by atoms with Gasteiger partial charge < -0.3 is 10.2 Å². The number of rotatable bonds is 6. The summed E-state index contributed by atoms with van der Waals surface area (Å²) in [5.74, 6) is 0. The Morgan fingerprint density at radius 3 is 2.35 bits per heavy atom. The number of hydrogen-bond donors (Lipinski definition) is 1. The molecule has 1 N–H and O–H groups in total. The van der Waals surface area contributed by atoms with Gasteiger partial charge in [-0.05, 0) is 32.5 Å². The van der Waals surface area contributed by atoms with Crippen LogP contribution in [0.1, 0.15) is 30.5 Å². The minimum atomic E-state index is 0.457. The van der Waals surface area contributed by atoms with E-state index in [1.54, 1.807) is 0 Å². The Hall–Kier alpha value is -0.900. The third kappa shape index (κ3) is 4.58. The fourth-order valence-electron chi connectivity index (χ4n) is 2.69. The van der Waals surface area contributed by atoms with Crippen LogP contribution in [0.25, 0.3) is 0 Å². The summed E-state index contributed by atoms with van der Waals surface area (Å²) in [7, 11) is 2.21. The minimum Gasteiger partial charge on any atom is -0.309 e. The Labute approximate surface area is 124 Å². The lowest BCUT2D eigenvalue weighted by Gasteiger charge is -2.35. The van der Waals surface area contributed by atoms with Gasteiger partial charge >= 0.3 is 0 Å². The van der Waals surface area contributed by atoms with E-state index in [-0.39, 0.29) is 0 Å². The number of nitrogens with one attached hydrogen (secondary N) is 1. The molecule has 0 radical (unpaired) electrons. The average molecular weight is 275 g/mol. The van der Waals surface area contributed by atoms with Crippen LogP contribution in [0, 0.1) is 6.92 Å². The van der Waals surface area contributed by atoms with Gasteiger partial charge in [0, 0.05) is 38.8 Å². The molecule has 3 heteroatoms. The van der Waals surface area contributed by atoms with E-state index in [2.05, 4.69) is 60.3 Å². The Morgan fingerprint density at radius 1 is 1.10 bits per heavy atom. The van der Waals surface area contributed by atoms with Crippen LogP contribution >= 0.6 is 0 Å². The van der Waals surface area contributed by atoms with Gasteiger partial charge in [-0.15, -0.1) is 0 Å². The molecular weight excluding hydrogens is 246 g/mol. The SMILES string of the molecule is CCCNC(CN1CCN(C)CC1)c1ccc(C)cc1. The van der Waals surface area contributed by atoms with Gasteiger partial charge in [-0.25, -0.2) is 0 Å². The largest absolute Gasteiger partial charge is 0.309 e. The molecule has 0 saturated carbocycles. The Bertz CT molecular complexity index is 380. The lowest BCUT2D eigenvalue weighted by atomic mass is 10.0. The van der Waals surface area contributed by atoms with Crippen molar-refractivity contribution < 1.29 is 0 Å². The first-order valence-electron chi connectivity index (χ1n) is 7.90. The quantitative estimate of drug-likeness (QED) is 0.859. The van der Waals surface area contributed by atoms with Gasteiger partial charge in [-0.2, -0.15) is 0 Å². The lowest BCUT2D eigenvalue weighted by Crippen LogP contribution is -2.47. The fraction of sp³-hybridized carbons (Fsp3) is 0.647. The summed E-state index contributed by atoms with van der Waals surface area (Å²) in [6.07, 6.45) is 1.19. The number of benzene rings is 1. The monoisotopic (exact) mass is 275 g/mol. The summed E-state index contributed by atoms with van der Waals surface area (Å²) in [6, 6.07) is 9.45. The zero-order valence-corrected chi connectivity index (χ0v) is 13.2. The highest BCUT2D eigenvalue weighted by Gasteiger charge is 2.19. The van der Waals surface area contributed by atoms with E-state index >= 15 is 0 Å². The molecule has 20 heavy (non-hydrogen) atoms. The van der Waals surface area contributed by atoms with Crippen LogP contribution in [0.15, 0.2) is 24.3 Å². The zero-order chi connectivity index (χ0) is 14.4. The zero-order valence-electron chi connectivity index (χ0n) is 13.2. The van der Waals surface area contributed by atoms with Crippen molar-refractivity contribution in [2.75, 3.05) is 46.3 Å². The van der Waals surface area contributed by atoms with Crippen molar-refractivity contribution in [1.29, 1.82) is 0 Å². The summed E-state index contributed by atoms with van der Waals surface area (Å²) >= 11 is 0. The van der Waals surface area contributed by atoms with Gasteiger partial charge in [0.25, 0.3) is 0 Å². The van der Waals surface area contributed by atoms with Crippen LogP contribution in [0.4, 0.5) is 0 Å². The molecule has 1 aromatic carbocycles. The number of piperazine rings is 1. The topological polar surface area (TPSA) is 18.5 Å². The van der Waals surface area contributed by atoms with Crippen LogP contribution in [-0.2, 0) is 0 Å². The highest BCUT2D eigenvalue weighted by Crippen LogP contribution is 2.16. The van der Waals surface area contributed by atoms with E-state index in [0.29, 0.717) is 6.04 Å². The molecule has 1 aromatic rings. The van der Waals surface area contributed by atoms with Gasteiger partial charge in [0.05, 0.1) is 0 Å². The summed E-state index contributed by atoms with van der Waals surface area (Å²) in [6.45, 7) is 11.3. The molecule has 0 bridgehead atoms. The Balaban J connectivity index is 1.97. The minimum absolute atomic E-state index is 0.457.